The predicted molar refractivity (Wildman–Crippen MR) is 98.1 cm³/mol. The molecule has 0 unspecified atom stereocenters. The Bertz CT molecular complexity index is 910. The van der Waals surface area contributed by atoms with Crippen LogP contribution >= 0.6 is 0 Å². The van der Waals surface area contributed by atoms with Crippen LogP contribution in [0.4, 0.5) is 10.2 Å². The number of nitrogens with zero attached hydrogens (tertiary/aromatic N) is 3. The SMILES string of the molecule is CN(C(=O)[C@H]1C[C@@H]1c1ccc(F)cc1)c1ccc(-c2ccccc2)nn1. The van der Waals surface area contributed by atoms with Gasteiger partial charge >= 0.3 is 0 Å². The smallest absolute Gasteiger partial charge is 0.231 e. The van der Waals surface area contributed by atoms with Gasteiger partial charge in [-0.25, -0.2) is 4.39 Å². The van der Waals surface area contributed by atoms with E-state index < -0.39 is 0 Å². The summed E-state index contributed by atoms with van der Waals surface area (Å²) >= 11 is 0. The Kier molecular flexibility index (Phi) is 4.21. The second-order valence-corrected chi connectivity index (χ2v) is 6.54. The lowest BCUT2D eigenvalue weighted by atomic mass is 10.1. The van der Waals surface area contributed by atoms with Gasteiger partial charge in [0.25, 0.3) is 0 Å². The number of hydrogen-bond acceptors (Lipinski definition) is 3. The van der Waals surface area contributed by atoms with Crippen LogP contribution in [0.1, 0.15) is 17.9 Å². The van der Waals surface area contributed by atoms with Crippen LogP contribution in [0, 0.1) is 11.7 Å². The van der Waals surface area contributed by atoms with Gasteiger partial charge in [0.2, 0.25) is 5.91 Å². The minimum atomic E-state index is -0.261. The molecule has 1 amide bonds. The van der Waals surface area contributed by atoms with Crippen LogP contribution in [0.15, 0.2) is 66.7 Å². The van der Waals surface area contributed by atoms with Crippen LogP contribution in [0.5, 0.6) is 0 Å². The first-order chi connectivity index (χ1) is 12.6. The van der Waals surface area contributed by atoms with Gasteiger partial charge in [0.15, 0.2) is 5.82 Å². The van der Waals surface area contributed by atoms with E-state index >= 15 is 0 Å². The van der Waals surface area contributed by atoms with Gasteiger partial charge in [-0.1, -0.05) is 42.5 Å². The average molecular weight is 347 g/mol. The molecule has 1 heterocycles. The molecule has 4 nitrogen and oxygen atoms in total. The molecule has 4 rings (SSSR count). The number of halogens is 1. The summed E-state index contributed by atoms with van der Waals surface area (Å²) in [7, 11) is 1.72. The quantitative estimate of drug-likeness (QED) is 0.715. The van der Waals surface area contributed by atoms with Gasteiger partial charge in [-0.15, -0.1) is 10.2 Å². The molecule has 5 heteroatoms. The number of carbonyl (C=O) groups is 1. The predicted octanol–water partition coefficient (Wildman–Crippen LogP) is 4.05. The highest BCUT2D eigenvalue weighted by molar-refractivity contribution is 5.96. The lowest BCUT2D eigenvalue weighted by Gasteiger charge is -2.16. The Hall–Kier alpha value is -3.08. The Morgan fingerprint density at radius 1 is 1.00 bits per heavy atom. The standard InChI is InChI=1S/C21H18FN3O/c1-25(20-12-11-19(23-24-20)15-5-3-2-4-6-15)21(26)18-13-17(18)14-7-9-16(22)10-8-14/h2-12,17-18H,13H2,1H3/t17-,18+/m1/s1. The molecule has 130 valence electrons. The summed E-state index contributed by atoms with van der Waals surface area (Å²) in [5.74, 6) is 0.354. The number of amides is 1. The van der Waals surface area contributed by atoms with Crippen molar-refractivity contribution in [3.8, 4) is 11.3 Å². The van der Waals surface area contributed by atoms with Crippen molar-refractivity contribution >= 4 is 11.7 Å². The molecule has 1 saturated carbocycles. The van der Waals surface area contributed by atoms with Gasteiger partial charge in [0, 0.05) is 18.5 Å². The van der Waals surface area contributed by atoms with Crippen molar-refractivity contribution in [3.63, 3.8) is 0 Å². The molecule has 1 fully saturated rings. The third-order valence-electron chi connectivity index (χ3n) is 4.80. The second kappa shape index (κ2) is 6.67. The van der Waals surface area contributed by atoms with Gasteiger partial charge in [-0.05, 0) is 42.2 Å². The molecule has 2 aromatic carbocycles. The van der Waals surface area contributed by atoms with E-state index in [9.17, 15) is 9.18 Å². The fraction of sp³-hybridized carbons (Fsp3) is 0.190. The summed E-state index contributed by atoms with van der Waals surface area (Å²) in [4.78, 5) is 14.2. The fourth-order valence-electron chi connectivity index (χ4n) is 3.17. The highest BCUT2D eigenvalue weighted by atomic mass is 19.1. The largest absolute Gasteiger partial charge is 0.298 e. The van der Waals surface area contributed by atoms with Gasteiger partial charge in [-0.2, -0.15) is 0 Å². The minimum Gasteiger partial charge on any atom is -0.298 e. The first kappa shape index (κ1) is 16.4. The summed E-state index contributed by atoms with van der Waals surface area (Å²) in [6.07, 6.45) is 0.782. The molecule has 0 radical (unpaired) electrons. The normalized spacial score (nSPS) is 18.4. The monoisotopic (exact) mass is 347 g/mol. The molecule has 0 bridgehead atoms. The summed E-state index contributed by atoms with van der Waals surface area (Å²) in [6, 6.07) is 19.8. The third kappa shape index (κ3) is 3.20. The first-order valence-corrected chi connectivity index (χ1v) is 8.55. The van der Waals surface area contributed by atoms with Crippen LogP contribution in [-0.2, 0) is 4.79 Å². The molecule has 1 aliphatic rings. The average Bonchev–Trinajstić information content (AvgIpc) is 3.49. The molecule has 0 N–H and O–H groups in total. The van der Waals surface area contributed by atoms with Crippen molar-refractivity contribution in [3.05, 3.63) is 78.1 Å². The van der Waals surface area contributed by atoms with Gasteiger partial charge in [-0.3, -0.25) is 9.69 Å². The van der Waals surface area contributed by atoms with E-state index in [1.54, 1.807) is 24.1 Å². The number of carbonyl (C=O) groups excluding carboxylic acids is 1. The molecular formula is C21H18FN3O. The molecule has 26 heavy (non-hydrogen) atoms. The zero-order valence-corrected chi connectivity index (χ0v) is 14.3. The van der Waals surface area contributed by atoms with Crippen LogP contribution in [0.3, 0.4) is 0 Å². The lowest BCUT2D eigenvalue weighted by Crippen LogP contribution is -2.29. The van der Waals surface area contributed by atoms with Gasteiger partial charge in [0.05, 0.1) is 5.69 Å². The number of anilines is 1. The zero-order valence-electron chi connectivity index (χ0n) is 14.3. The lowest BCUT2D eigenvalue weighted by molar-refractivity contribution is -0.119. The molecule has 0 aliphatic heterocycles. The molecule has 2 atom stereocenters. The number of aromatic nitrogens is 2. The fourth-order valence-corrected chi connectivity index (χ4v) is 3.17. The maximum absolute atomic E-state index is 13.0. The van der Waals surface area contributed by atoms with E-state index in [0.29, 0.717) is 5.82 Å². The van der Waals surface area contributed by atoms with Crippen LogP contribution in [0.2, 0.25) is 0 Å². The van der Waals surface area contributed by atoms with Crippen molar-refractivity contribution in [1.29, 1.82) is 0 Å². The van der Waals surface area contributed by atoms with Crippen LogP contribution in [0.25, 0.3) is 11.3 Å². The van der Waals surface area contributed by atoms with Crippen molar-refractivity contribution in [2.24, 2.45) is 5.92 Å². The van der Waals surface area contributed by atoms with E-state index in [0.717, 1.165) is 23.2 Å². The van der Waals surface area contributed by atoms with Crippen molar-refractivity contribution in [2.45, 2.75) is 12.3 Å². The first-order valence-electron chi connectivity index (χ1n) is 8.55. The summed E-state index contributed by atoms with van der Waals surface area (Å²) in [6.45, 7) is 0. The molecule has 0 spiro atoms. The van der Waals surface area contributed by atoms with E-state index in [1.807, 2.05) is 42.5 Å². The zero-order chi connectivity index (χ0) is 18.1. The number of rotatable bonds is 4. The van der Waals surface area contributed by atoms with E-state index in [4.69, 9.17) is 0 Å². The molecule has 3 aromatic rings. The van der Waals surface area contributed by atoms with Gasteiger partial charge < -0.3 is 0 Å². The Morgan fingerprint density at radius 2 is 1.73 bits per heavy atom. The van der Waals surface area contributed by atoms with E-state index in [2.05, 4.69) is 10.2 Å². The summed E-state index contributed by atoms with van der Waals surface area (Å²) in [5.41, 5.74) is 2.76. The van der Waals surface area contributed by atoms with Crippen molar-refractivity contribution < 1.29 is 9.18 Å². The Morgan fingerprint density at radius 3 is 2.38 bits per heavy atom. The maximum Gasteiger partial charge on any atom is 0.231 e. The third-order valence-corrected chi connectivity index (χ3v) is 4.80. The minimum absolute atomic E-state index is 0.0149. The van der Waals surface area contributed by atoms with Crippen LogP contribution in [-0.4, -0.2) is 23.2 Å². The topological polar surface area (TPSA) is 46.1 Å². The molecular weight excluding hydrogens is 329 g/mol. The second-order valence-electron chi connectivity index (χ2n) is 6.54. The van der Waals surface area contributed by atoms with Gasteiger partial charge in [0.1, 0.15) is 5.82 Å². The maximum atomic E-state index is 13.0. The van der Waals surface area contributed by atoms with Crippen molar-refractivity contribution in [2.75, 3.05) is 11.9 Å². The van der Waals surface area contributed by atoms with E-state index in [1.165, 1.54) is 12.1 Å². The number of benzene rings is 2. The summed E-state index contributed by atoms with van der Waals surface area (Å²) in [5, 5.41) is 8.43. The molecule has 1 aliphatic carbocycles. The van der Waals surface area contributed by atoms with Crippen molar-refractivity contribution in [1.82, 2.24) is 10.2 Å². The van der Waals surface area contributed by atoms with Crippen LogP contribution < -0.4 is 4.90 Å². The highest BCUT2D eigenvalue weighted by Crippen LogP contribution is 2.48. The Labute approximate surface area is 151 Å². The number of hydrogen-bond donors (Lipinski definition) is 0. The summed E-state index contributed by atoms with van der Waals surface area (Å²) < 4.78 is 13.0. The molecule has 0 saturated heterocycles. The van der Waals surface area contributed by atoms with E-state index in [-0.39, 0.29) is 23.6 Å². The highest BCUT2D eigenvalue weighted by Gasteiger charge is 2.45. The Balaban J connectivity index is 1.45. The molecule has 1 aromatic heterocycles.